The van der Waals surface area contributed by atoms with Gasteiger partial charge >= 0.3 is 6.03 Å². The molecule has 1 unspecified atom stereocenters. The molecule has 162 valence electrons. The van der Waals surface area contributed by atoms with Gasteiger partial charge in [0.1, 0.15) is 12.1 Å². The van der Waals surface area contributed by atoms with Crippen LogP contribution in [0.5, 0.6) is 0 Å². The zero-order chi connectivity index (χ0) is 22.3. The molecule has 3 aromatic carbocycles. The normalized spacial score (nSPS) is 21.8. The van der Waals surface area contributed by atoms with E-state index in [0.717, 1.165) is 40.5 Å². The van der Waals surface area contributed by atoms with E-state index in [1.807, 2.05) is 72.8 Å². The molecule has 5 rings (SSSR count). The van der Waals surface area contributed by atoms with E-state index >= 15 is 0 Å². The number of amides is 4. The molecule has 1 saturated heterocycles. The maximum absolute atomic E-state index is 13.3. The second-order valence-electron chi connectivity index (χ2n) is 8.86. The largest absolute Gasteiger partial charge is 0.345 e. The summed E-state index contributed by atoms with van der Waals surface area (Å²) >= 11 is 0. The molecular formula is C26H25N3O3. The molecule has 2 aliphatic rings. The molecule has 32 heavy (non-hydrogen) atoms. The van der Waals surface area contributed by atoms with Crippen LogP contribution in [0.1, 0.15) is 37.3 Å². The van der Waals surface area contributed by atoms with Gasteiger partial charge < -0.3 is 10.6 Å². The highest BCUT2D eigenvalue weighted by molar-refractivity contribution is 6.09. The van der Waals surface area contributed by atoms with Crippen molar-refractivity contribution in [2.24, 2.45) is 0 Å². The maximum Gasteiger partial charge on any atom is 0.325 e. The number of rotatable bonds is 5. The van der Waals surface area contributed by atoms with E-state index in [-0.39, 0.29) is 12.5 Å². The Hall–Kier alpha value is -3.67. The molecule has 0 spiro atoms. The quantitative estimate of drug-likeness (QED) is 0.608. The number of fused-ring (bicyclic) bond motifs is 1. The van der Waals surface area contributed by atoms with Crippen LogP contribution >= 0.6 is 0 Å². The Kier molecular flexibility index (Phi) is 4.73. The number of urea groups is 1. The summed E-state index contributed by atoms with van der Waals surface area (Å²) in [5.74, 6) is -0.755. The topological polar surface area (TPSA) is 78.5 Å². The monoisotopic (exact) mass is 427 g/mol. The minimum Gasteiger partial charge on any atom is -0.345 e. The number of nitrogens with one attached hydrogen (secondary N) is 2. The summed E-state index contributed by atoms with van der Waals surface area (Å²) in [4.78, 5) is 39.9. The van der Waals surface area contributed by atoms with Gasteiger partial charge in [0, 0.05) is 0 Å². The number of hydrogen-bond acceptors (Lipinski definition) is 3. The van der Waals surface area contributed by atoms with Crippen molar-refractivity contribution in [2.75, 3.05) is 6.54 Å². The van der Waals surface area contributed by atoms with Gasteiger partial charge in [-0.05, 0) is 54.2 Å². The second kappa shape index (κ2) is 7.48. The molecule has 0 aromatic heterocycles. The molecule has 4 amide bonds. The van der Waals surface area contributed by atoms with E-state index in [1.165, 1.54) is 0 Å². The van der Waals surface area contributed by atoms with Gasteiger partial charge in [-0.15, -0.1) is 0 Å². The zero-order valence-corrected chi connectivity index (χ0v) is 17.9. The van der Waals surface area contributed by atoms with Crippen molar-refractivity contribution in [3.05, 3.63) is 83.9 Å². The first-order chi connectivity index (χ1) is 15.4. The van der Waals surface area contributed by atoms with Crippen LogP contribution < -0.4 is 10.6 Å². The van der Waals surface area contributed by atoms with Gasteiger partial charge in [0.25, 0.3) is 5.91 Å². The number of benzene rings is 3. The minimum absolute atomic E-state index is 0.303. The summed E-state index contributed by atoms with van der Waals surface area (Å²) in [5.41, 5.74) is 0.115. The summed E-state index contributed by atoms with van der Waals surface area (Å²) in [6.45, 7) is 1.38. The molecule has 2 N–H and O–H groups in total. The number of nitrogens with zero attached hydrogens (tertiary/aromatic N) is 1. The zero-order valence-electron chi connectivity index (χ0n) is 17.9. The van der Waals surface area contributed by atoms with E-state index in [1.54, 1.807) is 6.92 Å². The Labute approximate surface area is 186 Å². The predicted octanol–water partition coefficient (Wildman–Crippen LogP) is 3.80. The minimum atomic E-state index is -1.21. The van der Waals surface area contributed by atoms with Crippen molar-refractivity contribution in [3.8, 4) is 0 Å². The molecule has 0 bridgehead atoms. The smallest absolute Gasteiger partial charge is 0.325 e. The molecule has 2 fully saturated rings. The summed E-state index contributed by atoms with van der Waals surface area (Å²) in [7, 11) is 0. The van der Waals surface area contributed by atoms with Gasteiger partial charge in [-0.25, -0.2) is 4.79 Å². The Balaban J connectivity index is 1.35. The van der Waals surface area contributed by atoms with Crippen molar-refractivity contribution in [2.45, 2.75) is 37.3 Å². The van der Waals surface area contributed by atoms with Crippen LogP contribution in [0.3, 0.4) is 0 Å². The van der Waals surface area contributed by atoms with Crippen LogP contribution in [0, 0.1) is 0 Å². The van der Waals surface area contributed by atoms with Gasteiger partial charge in [-0.3, -0.25) is 14.5 Å². The first kappa shape index (κ1) is 20.2. The van der Waals surface area contributed by atoms with Gasteiger partial charge in [-0.2, -0.15) is 0 Å². The molecule has 1 heterocycles. The summed E-state index contributed by atoms with van der Waals surface area (Å²) < 4.78 is 0. The Morgan fingerprint density at radius 3 is 2.31 bits per heavy atom. The molecule has 1 saturated carbocycles. The van der Waals surface area contributed by atoms with Crippen molar-refractivity contribution in [1.82, 2.24) is 15.5 Å². The highest BCUT2D eigenvalue weighted by Gasteiger charge is 2.50. The fourth-order valence-corrected chi connectivity index (χ4v) is 4.76. The molecule has 1 aliphatic carbocycles. The molecular weight excluding hydrogens is 402 g/mol. The number of imide groups is 1. The lowest BCUT2D eigenvalue weighted by Crippen LogP contribution is -2.54. The van der Waals surface area contributed by atoms with E-state index in [4.69, 9.17) is 0 Å². The third-order valence-corrected chi connectivity index (χ3v) is 6.82. The van der Waals surface area contributed by atoms with Crippen molar-refractivity contribution in [1.29, 1.82) is 0 Å². The first-order valence-corrected chi connectivity index (χ1v) is 10.9. The third kappa shape index (κ3) is 3.23. The first-order valence-electron chi connectivity index (χ1n) is 10.9. The standard InChI is InChI=1S/C26H25N3O3/c1-25(21-13-12-18-8-5-6-9-19(18)16-21)23(31)29(24(32)28-25)17-22(30)27-26(14-7-15-26)20-10-3-2-4-11-20/h2-6,8-13,16H,7,14-15,17H2,1H3,(H,27,30)(H,28,32). The average molecular weight is 428 g/mol. The van der Waals surface area contributed by atoms with Crippen LogP contribution in [0.2, 0.25) is 0 Å². The lowest BCUT2D eigenvalue weighted by atomic mass is 9.72. The highest BCUT2D eigenvalue weighted by Crippen LogP contribution is 2.41. The SMILES string of the molecule is CC1(c2ccc3ccccc3c2)NC(=O)N(CC(=O)NC2(c3ccccc3)CCC2)C1=O. The van der Waals surface area contributed by atoms with Gasteiger partial charge in [0.15, 0.2) is 0 Å². The second-order valence-corrected chi connectivity index (χ2v) is 8.86. The van der Waals surface area contributed by atoms with E-state index in [9.17, 15) is 14.4 Å². The lowest BCUT2D eigenvalue weighted by molar-refractivity contribution is -0.135. The Morgan fingerprint density at radius 2 is 1.62 bits per heavy atom. The van der Waals surface area contributed by atoms with Crippen LogP contribution in [0.4, 0.5) is 4.79 Å². The average Bonchev–Trinajstić information content (AvgIpc) is 3.00. The summed E-state index contributed by atoms with van der Waals surface area (Å²) in [6.07, 6.45) is 2.72. The summed E-state index contributed by atoms with van der Waals surface area (Å²) in [5, 5.41) is 7.93. The molecule has 6 heteroatoms. The molecule has 3 aromatic rings. The van der Waals surface area contributed by atoms with Crippen molar-refractivity contribution in [3.63, 3.8) is 0 Å². The predicted molar refractivity (Wildman–Crippen MR) is 122 cm³/mol. The highest BCUT2D eigenvalue weighted by atomic mass is 16.2. The van der Waals surface area contributed by atoms with Gasteiger partial charge in [-0.1, -0.05) is 66.7 Å². The number of carbonyl (C=O) groups excluding carboxylic acids is 3. The molecule has 0 radical (unpaired) electrons. The van der Waals surface area contributed by atoms with E-state index in [0.29, 0.717) is 5.56 Å². The molecule has 6 nitrogen and oxygen atoms in total. The van der Waals surface area contributed by atoms with E-state index < -0.39 is 23.0 Å². The number of carbonyl (C=O) groups is 3. The third-order valence-electron chi connectivity index (χ3n) is 6.82. The Morgan fingerprint density at radius 1 is 0.938 bits per heavy atom. The lowest BCUT2D eigenvalue weighted by Gasteiger charge is -2.43. The summed E-state index contributed by atoms with van der Waals surface area (Å²) in [6, 6.07) is 22.9. The molecule has 1 aliphatic heterocycles. The fraction of sp³-hybridized carbons (Fsp3) is 0.269. The molecule has 1 atom stereocenters. The van der Waals surface area contributed by atoms with E-state index in [2.05, 4.69) is 10.6 Å². The van der Waals surface area contributed by atoms with Crippen LogP contribution in [0.25, 0.3) is 10.8 Å². The van der Waals surface area contributed by atoms with Gasteiger partial charge in [0.05, 0.1) is 5.54 Å². The maximum atomic E-state index is 13.3. The fourth-order valence-electron chi connectivity index (χ4n) is 4.76. The number of hydrogen-bond donors (Lipinski definition) is 2. The van der Waals surface area contributed by atoms with Crippen LogP contribution in [-0.4, -0.2) is 29.3 Å². The van der Waals surface area contributed by atoms with Crippen LogP contribution in [0.15, 0.2) is 72.8 Å². The van der Waals surface area contributed by atoms with Gasteiger partial charge in [0.2, 0.25) is 5.91 Å². The van der Waals surface area contributed by atoms with Crippen molar-refractivity contribution < 1.29 is 14.4 Å². The van der Waals surface area contributed by atoms with Crippen molar-refractivity contribution >= 4 is 28.6 Å². The Bertz CT molecular complexity index is 1220. The van der Waals surface area contributed by atoms with Crippen LogP contribution in [-0.2, 0) is 20.7 Å².